The third kappa shape index (κ3) is 5.61. The molecule has 3 unspecified atom stereocenters. The van der Waals surface area contributed by atoms with Gasteiger partial charge in [0, 0.05) is 34.9 Å². The molecular formula is C25H34N4O4. The van der Waals surface area contributed by atoms with Crippen LogP contribution in [0.5, 0.6) is 0 Å². The summed E-state index contributed by atoms with van der Waals surface area (Å²) in [6.07, 6.45) is 3.34. The molecule has 0 spiro atoms. The predicted octanol–water partition coefficient (Wildman–Crippen LogP) is 2.65. The van der Waals surface area contributed by atoms with Crippen molar-refractivity contribution in [3.8, 4) is 0 Å². The van der Waals surface area contributed by atoms with Crippen molar-refractivity contribution < 1.29 is 19.2 Å². The molecule has 8 nitrogen and oxygen atoms in total. The first-order chi connectivity index (χ1) is 15.5. The predicted molar refractivity (Wildman–Crippen MR) is 126 cm³/mol. The number of Topliss-reactive ketones (excluding diaryl/α,β-unsaturated/α-hetero) is 1. The molecule has 0 saturated carbocycles. The number of hydrogen-bond acceptors (Lipinski definition) is 5. The highest BCUT2D eigenvalue weighted by atomic mass is 16.2. The lowest BCUT2D eigenvalue weighted by Crippen LogP contribution is -2.51. The average molecular weight is 455 g/mol. The van der Waals surface area contributed by atoms with E-state index in [2.05, 4.69) is 29.8 Å². The van der Waals surface area contributed by atoms with Gasteiger partial charge in [-0.05, 0) is 42.5 Å². The fraction of sp³-hybridized carbons (Fsp3) is 0.520. The summed E-state index contributed by atoms with van der Waals surface area (Å²) in [5.74, 6) is -1.32. The van der Waals surface area contributed by atoms with Crippen molar-refractivity contribution >= 4 is 29.2 Å². The number of carbonyl (C=O) groups excluding carboxylic acids is 4. The maximum atomic E-state index is 13.2. The number of allylic oxidation sites excluding steroid dienone is 1. The molecule has 1 heterocycles. The highest BCUT2D eigenvalue weighted by molar-refractivity contribution is 6.02. The van der Waals surface area contributed by atoms with Crippen LogP contribution < -0.4 is 21.7 Å². The van der Waals surface area contributed by atoms with Gasteiger partial charge in [-0.15, -0.1) is 0 Å². The number of unbranched alkanes of at least 4 members (excludes halogenated alkanes) is 1. The molecule has 1 aromatic rings. The smallest absolute Gasteiger partial charge is 0.248 e. The topological polar surface area (TPSA) is 130 Å². The molecule has 178 valence electrons. The molecule has 1 aliphatic carbocycles. The SMILES string of the molecule is CCCCC(NC(=O)C1NC2=C(C(=O)CC(C)(C)C2)C1C)C(=O)Nc1ccc(C(N)=O)cc1. The standard InChI is InChI=1S/C25H34N4O4/c1-5-6-7-17(23(32)27-16-10-8-15(9-11-16)22(26)31)29-24(33)21-14(2)20-18(28-21)12-25(3,4)13-19(20)30/h8-11,14,17,21,28H,5-7,12-13H2,1-4H3,(H2,26,31)(H,27,32)(H,29,33). The summed E-state index contributed by atoms with van der Waals surface area (Å²) in [4.78, 5) is 50.1. The molecule has 0 fully saturated rings. The van der Waals surface area contributed by atoms with Crippen molar-refractivity contribution in [3.05, 3.63) is 41.1 Å². The Hall–Kier alpha value is -3.16. The van der Waals surface area contributed by atoms with E-state index in [1.165, 1.54) is 12.1 Å². The number of nitrogens with one attached hydrogen (secondary N) is 3. The van der Waals surface area contributed by atoms with Crippen LogP contribution in [0.2, 0.25) is 0 Å². The molecule has 0 radical (unpaired) electrons. The number of nitrogens with two attached hydrogens (primary N) is 1. The average Bonchev–Trinajstić information content (AvgIpc) is 3.06. The Morgan fingerprint density at radius 1 is 1.18 bits per heavy atom. The van der Waals surface area contributed by atoms with Crippen molar-refractivity contribution in [2.75, 3.05) is 5.32 Å². The van der Waals surface area contributed by atoms with E-state index in [0.717, 1.165) is 30.5 Å². The second kappa shape index (κ2) is 9.77. The van der Waals surface area contributed by atoms with Crippen LogP contribution in [-0.4, -0.2) is 35.6 Å². The minimum atomic E-state index is -0.716. The molecule has 0 aromatic heterocycles. The van der Waals surface area contributed by atoms with Gasteiger partial charge in [-0.25, -0.2) is 0 Å². The number of ketones is 1. The van der Waals surface area contributed by atoms with Gasteiger partial charge in [-0.2, -0.15) is 0 Å². The summed E-state index contributed by atoms with van der Waals surface area (Å²) in [7, 11) is 0. The first-order valence-corrected chi connectivity index (χ1v) is 11.6. The Labute approximate surface area is 194 Å². The van der Waals surface area contributed by atoms with E-state index >= 15 is 0 Å². The largest absolute Gasteiger partial charge is 0.376 e. The fourth-order valence-corrected chi connectivity index (χ4v) is 4.65. The van der Waals surface area contributed by atoms with Crippen molar-refractivity contribution in [3.63, 3.8) is 0 Å². The number of carbonyl (C=O) groups is 4. The van der Waals surface area contributed by atoms with Gasteiger partial charge >= 0.3 is 0 Å². The summed E-state index contributed by atoms with van der Waals surface area (Å²) >= 11 is 0. The Bertz CT molecular complexity index is 981. The lowest BCUT2D eigenvalue weighted by Gasteiger charge is -2.29. The molecule has 3 amide bonds. The van der Waals surface area contributed by atoms with E-state index in [-0.39, 0.29) is 28.9 Å². The summed E-state index contributed by atoms with van der Waals surface area (Å²) in [6, 6.07) is 4.98. The molecule has 0 bridgehead atoms. The second-order valence-electron chi connectivity index (χ2n) is 9.88. The van der Waals surface area contributed by atoms with Gasteiger partial charge in [0.2, 0.25) is 17.7 Å². The third-order valence-electron chi connectivity index (χ3n) is 6.40. The van der Waals surface area contributed by atoms with Crippen LogP contribution in [0.4, 0.5) is 5.69 Å². The summed E-state index contributed by atoms with van der Waals surface area (Å²) in [5, 5.41) is 8.96. The number of anilines is 1. The molecule has 3 rings (SSSR count). The van der Waals surface area contributed by atoms with E-state index in [1.54, 1.807) is 12.1 Å². The molecule has 5 N–H and O–H groups in total. The molecule has 0 saturated heterocycles. The minimum Gasteiger partial charge on any atom is -0.376 e. The fourth-order valence-electron chi connectivity index (χ4n) is 4.65. The summed E-state index contributed by atoms with van der Waals surface area (Å²) in [5.41, 5.74) is 7.55. The zero-order valence-corrected chi connectivity index (χ0v) is 19.8. The van der Waals surface area contributed by atoms with Crippen LogP contribution in [0.1, 0.15) is 70.2 Å². The number of benzene rings is 1. The quantitative estimate of drug-likeness (QED) is 0.480. The Morgan fingerprint density at radius 3 is 2.45 bits per heavy atom. The molecule has 8 heteroatoms. The summed E-state index contributed by atoms with van der Waals surface area (Å²) < 4.78 is 0. The highest BCUT2D eigenvalue weighted by Crippen LogP contribution is 2.42. The van der Waals surface area contributed by atoms with Crippen molar-refractivity contribution in [1.82, 2.24) is 10.6 Å². The van der Waals surface area contributed by atoms with Gasteiger partial charge in [0.1, 0.15) is 12.1 Å². The van der Waals surface area contributed by atoms with Gasteiger partial charge < -0.3 is 21.7 Å². The van der Waals surface area contributed by atoms with E-state index in [0.29, 0.717) is 24.1 Å². The lowest BCUT2D eigenvalue weighted by molar-refractivity contribution is -0.128. The van der Waals surface area contributed by atoms with Crippen LogP contribution in [-0.2, 0) is 14.4 Å². The molecule has 1 aromatic carbocycles. The van der Waals surface area contributed by atoms with Gasteiger partial charge in [0.05, 0.1) is 0 Å². The van der Waals surface area contributed by atoms with Gasteiger partial charge in [0.25, 0.3) is 0 Å². The number of rotatable bonds is 8. The maximum absolute atomic E-state index is 13.2. The lowest BCUT2D eigenvalue weighted by atomic mass is 9.74. The number of amides is 3. The van der Waals surface area contributed by atoms with Crippen LogP contribution in [0.3, 0.4) is 0 Å². The minimum absolute atomic E-state index is 0.0937. The Morgan fingerprint density at radius 2 is 1.85 bits per heavy atom. The Balaban J connectivity index is 1.68. The van der Waals surface area contributed by atoms with Crippen LogP contribution in [0, 0.1) is 11.3 Å². The maximum Gasteiger partial charge on any atom is 0.248 e. The van der Waals surface area contributed by atoms with Crippen LogP contribution in [0.25, 0.3) is 0 Å². The van der Waals surface area contributed by atoms with E-state index < -0.39 is 18.0 Å². The summed E-state index contributed by atoms with van der Waals surface area (Å²) in [6.45, 7) is 8.01. The first-order valence-electron chi connectivity index (χ1n) is 11.6. The van der Waals surface area contributed by atoms with E-state index in [4.69, 9.17) is 5.73 Å². The molecule has 2 aliphatic rings. The van der Waals surface area contributed by atoms with E-state index in [9.17, 15) is 19.2 Å². The van der Waals surface area contributed by atoms with Gasteiger partial charge in [-0.3, -0.25) is 19.2 Å². The number of hydrogen-bond donors (Lipinski definition) is 4. The molecular weight excluding hydrogens is 420 g/mol. The van der Waals surface area contributed by atoms with Crippen molar-refractivity contribution in [1.29, 1.82) is 0 Å². The highest BCUT2D eigenvalue weighted by Gasteiger charge is 2.44. The van der Waals surface area contributed by atoms with Crippen LogP contribution in [0.15, 0.2) is 35.5 Å². The zero-order valence-electron chi connectivity index (χ0n) is 19.8. The second-order valence-corrected chi connectivity index (χ2v) is 9.88. The van der Waals surface area contributed by atoms with E-state index in [1.807, 2.05) is 13.8 Å². The molecule has 3 atom stereocenters. The first kappa shape index (κ1) is 24.5. The number of primary amides is 1. The van der Waals surface area contributed by atoms with Crippen LogP contribution >= 0.6 is 0 Å². The normalized spacial score (nSPS) is 22.2. The monoisotopic (exact) mass is 454 g/mol. The van der Waals surface area contributed by atoms with Gasteiger partial charge in [-0.1, -0.05) is 40.5 Å². The Kier molecular flexibility index (Phi) is 7.25. The van der Waals surface area contributed by atoms with Crippen molar-refractivity contribution in [2.24, 2.45) is 17.1 Å². The zero-order chi connectivity index (χ0) is 24.3. The third-order valence-corrected chi connectivity index (χ3v) is 6.40. The van der Waals surface area contributed by atoms with Crippen molar-refractivity contribution in [2.45, 2.75) is 71.9 Å². The molecule has 1 aliphatic heterocycles. The van der Waals surface area contributed by atoms with Gasteiger partial charge in [0.15, 0.2) is 5.78 Å². The molecule has 33 heavy (non-hydrogen) atoms.